The average molecular weight is 372 g/mol. The van der Waals surface area contributed by atoms with Crippen molar-refractivity contribution in [2.75, 3.05) is 0 Å². The molecular weight excluding hydrogens is 356 g/mol. The van der Waals surface area contributed by atoms with E-state index in [4.69, 9.17) is 4.74 Å². The van der Waals surface area contributed by atoms with Crippen LogP contribution >= 0.6 is 15.9 Å². The molecule has 0 aliphatic rings. The third-order valence-corrected chi connectivity index (χ3v) is 3.42. The van der Waals surface area contributed by atoms with Gasteiger partial charge in [0.1, 0.15) is 5.75 Å². The van der Waals surface area contributed by atoms with Gasteiger partial charge in [-0.05, 0) is 55.3 Å². The van der Waals surface area contributed by atoms with E-state index in [1.54, 1.807) is 18.2 Å². The Morgan fingerprint density at radius 2 is 1.95 bits per heavy atom. The molecule has 0 radical (unpaired) electrons. The van der Waals surface area contributed by atoms with Crippen LogP contribution in [0.3, 0.4) is 0 Å². The summed E-state index contributed by atoms with van der Waals surface area (Å²) in [5.74, 6) is 0.577. The number of alkyl halides is 3. The molecule has 118 valence electrons. The summed E-state index contributed by atoms with van der Waals surface area (Å²) in [6.45, 7) is 0.936. The normalized spacial score (nSPS) is 11.0. The van der Waals surface area contributed by atoms with Gasteiger partial charge >= 0.3 is 6.61 Å². The highest BCUT2D eigenvalue weighted by atomic mass is 79.9. The zero-order valence-corrected chi connectivity index (χ0v) is 13.8. The summed E-state index contributed by atoms with van der Waals surface area (Å²) in [5, 5.41) is 0.626. The summed E-state index contributed by atoms with van der Waals surface area (Å²) < 4.78 is 35.2. The Balaban J connectivity index is 2.47. The molecule has 0 spiro atoms. The topological polar surface area (TPSA) is 31.4 Å². The fraction of sp³-hybridized carbons (Fsp3) is 0.312. The van der Waals surface area contributed by atoms with Crippen LogP contribution in [-0.2, 0) is 5.33 Å². The first-order chi connectivity index (χ1) is 10.5. The molecule has 0 N–H and O–H groups in total. The van der Waals surface area contributed by atoms with Gasteiger partial charge in [0.2, 0.25) is 5.88 Å². The van der Waals surface area contributed by atoms with Crippen LogP contribution in [0.4, 0.5) is 8.78 Å². The Hall–Kier alpha value is -1.69. The van der Waals surface area contributed by atoms with Crippen molar-refractivity contribution in [2.24, 2.45) is 0 Å². The molecular formula is C16H16BrF2NO2. The standard InChI is InChI=1S/C16H16BrF2NO2/c1-10(2)21-13-7-11(9-17)6-12(8-13)14-4-3-5-20-15(14)22-16(18)19/h3-8,10,16H,9H2,1-2H3. The number of nitrogens with zero attached hydrogens (tertiary/aromatic N) is 1. The number of hydrogen-bond acceptors (Lipinski definition) is 3. The fourth-order valence-corrected chi connectivity index (χ4v) is 2.35. The van der Waals surface area contributed by atoms with Gasteiger partial charge in [-0.2, -0.15) is 8.78 Å². The molecule has 0 saturated carbocycles. The first kappa shape index (κ1) is 16.7. The number of pyridine rings is 1. The SMILES string of the molecule is CC(C)Oc1cc(CBr)cc(-c2cccnc2OC(F)F)c1. The fourth-order valence-electron chi connectivity index (χ4n) is 2.02. The lowest BCUT2D eigenvalue weighted by molar-refractivity contribution is -0.0524. The molecule has 2 rings (SSSR count). The maximum Gasteiger partial charge on any atom is 0.388 e. The van der Waals surface area contributed by atoms with E-state index in [0.29, 0.717) is 16.6 Å². The van der Waals surface area contributed by atoms with E-state index in [9.17, 15) is 8.78 Å². The number of halogens is 3. The highest BCUT2D eigenvalue weighted by Crippen LogP contribution is 2.33. The van der Waals surface area contributed by atoms with Crippen molar-refractivity contribution in [1.29, 1.82) is 0 Å². The van der Waals surface area contributed by atoms with Crippen molar-refractivity contribution >= 4 is 15.9 Å². The van der Waals surface area contributed by atoms with Gasteiger partial charge in [0.15, 0.2) is 0 Å². The van der Waals surface area contributed by atoms with Gasteiger partial charge in [-0.25, -0.2) is 4.98 Å². The summed E-state index contributed by atoms with van der Waals surface area (Å²) in [6, 6.07) is 8.95. The third-order valence-electron chi connectivity index (χ3n) is 2.78. The molecule has 6 heteroatoms. The molecule has 0 amide bonds. The Labute approximate surface area is 136 Å². The molecule has 22 heavy (non-hydrogen) atoms. The van der Waals surface area contributed by atoms with Crippen molar-refractivity contribution in [3.63, 3.8) is 0 Å². The minimum Gasteiger partial charge on any atom is -0.491 e. The zero-order chi connectivity index (χ0) is 16.1. The van der Waals surface area contributed by atoms with E-state index < -0.39 is 6.61 Å². The van der Waals surface area contributed by atoms with E-state index in [0.717, 1.165) is 11.1 Å². The second-order valence-electron chi connectivity index (χ2n) is 4.90. The van der Waals surface area contributed by atoms with Gasteiger partial charge in [0.25, 0.3) is 0 Å². The van der Waals surface area contributed by atoms with Gasteiger partial charge in [-0.1, -0.05) is 15.9 Å². The molecule has 0 fully saturated rings. The van der Waals surface area contributed by atoms with Gasteiger partial charge < -0.3 is 9.47 Å². The monoisotopic (exact) mass is 371 g/mol. The largest absolute Gasteiger partial charge is 0.491 e. The van der Waals surface area contributed by atoms with E-state index in [1.165, 1.54) is 6.20 Å². The lowest BCUT2D eigenvalue weighted by atomic mass is 10.0. The summed E-state index contributed by atoms with van der Waals surface area (Å²) in [6.07, 6.45) is 1.44. The Morgan fingerprint density at radius 1 is 1.18 bits per heavy atom. The number of rotatable bonds is 6. The minimum atomic E-state index is -2.92. The van der Waals surface area contributed by atoms with E-state index >= 15 is 0 Å². The predicted octanol–water partition coefficient (Wildman–Crippen LogP) is 5.03. The van der Waals surface area contributed by atoms with Crippen LogP contribution in [0.2, 0.25) is 0 Å². The van der Waals surface area contributed by atoms with Crippen LogP contribution in [0.15, 0.2) is 36.5 Å². The lowest BCUT2D eigenvalue weighted by Crippen LogP contribution is -2.06. The van der Waals surface area contributed by atoms with Crippen LogP contribution in [0.5, 0.6) is 11.6 Å². The number of ether oxygens (including phenoxy) is 2. The van der Waals surface area contributed by atoms with Crippen molar-refractivity contribution in [3.05, 3.63) is 42.1 Å². The maximum atomic E-state index is 12.5. The van der Waals surface area contributed by atoms with Crippen LogP contribution in [-0.4, -0.2) is 17.7 Å². The second-order valence-corrected chi connectivity index (χ2v) is 5.46. The summed E-state index contributed by atoms with van der Waals surface area (Å²) in [4.78, 5) is 3.89. The molecule has 3 nitrogen and oxygen atoms in total. The lowest BCUT2D eigenvalue weighted by Gasteiger charge is -2.14. The minimum absolute atomic E-state index is 0.0177. The Morgan fingerprint density at radius 3 is 2.59 bits per heavy atom. The highest BCUT2D eigenvalue weighted by Gasteiger charge is 2.14. The molecule has 0 bridgehead atoms. The maximum absolute atomic E-state index is 12.5. The molecule has 0 aliphatic carbocycles. The summed E-state index contributed by atoms with van der Waals surface area (Å²) in [7, 11) is 0. The molecule has 1 aromatic heterocycles. The molecule has 1 aromatic carbocycles. The summed E-state index contributed by atoms with van der Waals surface area (Å²) >= 11 is 3.40. The third kappa shape index (κ3) is 4.40. The van der Waals surface area contributed by atoms with Gasteiger partial charge in [0.05, 0.1) is 6.10 Å². The number of aromatic nitrogens is 1. The first-order valence-electron chi connectivity index (χ1n) is 6.76. The number of hydrogen-bond donors (Lipinski definition) is 0. The predicted molar refractivity (Wildman–Crippen MR) is 84.7 cm³/mol. The van der Waals surface area contributed by atoms with E-state index in [-0.39, 0.29) is 12.0 Å². The van der Waals surface area contributed by atoms with Gasteiger partial charge in [0, 0.05) is 17.1 Å². The smallest absolute Gasteiger partial charge is 0.388 e. The number of benzene rings is 1. The van der Waals surface area contributed by atoms with E-state index in [2.05, 4.69) is 25.7 Å². The van der Waals surface area contributed by atoms with Crippen LogP contribution in [0, 0.1) is 0 Å². The second kappa shape index (κ2) is 7.54. The van der Waals surface area contributed by atoms with Crippen LogP contribution < -0.4 is 9.47 Å². The van der Waals surface area contributed by atoms with Crippen molar-refractivity contribution in [3.8, 4) is 22.8 Å². The zero-order valence-electron chi connectivity index (χ0n) is 12.2. The molecule has 0 saturated heterocycles. The Bertz CT molecular complexity index is 635. The molecule has 2 aromatic rings. The first-order valence-corrected chi connectivity index (χ1v) is 7.88. The Kier molecular flexibility index (Phi) is 5.71. The van der Waals surface area contributed by atoms with Crippen molar-refractivity contribution in [2.45, 2.75) is 31.9 Å². The van der Waals surface area contributed by atoms with Crippen molar-refractivity contribution < 1.29 is 18.3 Å². The van der Waals surface area contributed by atoms with Gasteiger partial charge in [-0.3, -0.25) is 0 Å². The molecule has 1 heterocycles. The van der Waals surface area contributed by atoms with Gasteiger partial charge in [-0.15, -0.1) is 0 Å². The van der Waals surface area contributed by atoms with Crippen LogP contribution in [0.1, 0.15) is 19.4 Å². The molecule has 0 aliphatic heterocycles. The van der Waals surface area contributed by atoms with E-state index in [1.807, 2.05) is 26.0 Å². The van der Waals surface area contributed by atoms with Crippen LogP contribution in [0.25, 0.3) is 11.1 Å². The highest BCUT2D eigenvalue weighted by molar-refractivity contribution is 9.08. The quantitative estimate of drug-likeness (QED) is 0.667. The van der Waals surface area contributed by atoms with Crippen molar-refractivity contribution in [1.82, 2.24) is 4.98 Å². The summed E-state index contributed by atoms with van der Waals surface area (Å²) in [5.41, 5.74) is 2.19. The average Bonchev–Trinajstić information content (AvgIpc) is 2.46. The molecule has 0 atom stereocenters. The molecule has 0 unspecified atom stereocenters.